The molecule has 1 rings (SSSR count). The zero-order valence-corrected chi connectivity index (χ0v) is 9.06. The van der Waals surface area contributed by atoms with E-state index in [1.807, 2.05) is 0 Å². The fourth-order valence-electron chi connectivity index (χ4n) is 0.731. The Hall–Kier alpha value is -1.14. The molecule has 0 unspecified atom stereocenters. The summed E-state index contributed by atoms with van der Waals surface area (Å²) in [7, 11) is -1.41. The number of hydrogen-bond acceptors (Lipinski definition) is 1. The zero-order valence-electron chi connectivity index (χ0n) is 8.06. The quantitative estimate of drug-likeness (QED) is 0.455. The second kappa shape index (κ2) is 3.71. The third-order valence-electron chi connectivity index (χ3n) is 1.34. The van der Waals surface area contributed by atoms with Gasteiger partial charge in [0.05, 0.1) is 11.8 Å². The van der Waals surface area contributed by atoms with Gasteiger partial charge in [0.2, 0.25) is 0 Å². The number of pyridine rings is 1. The molecule has 0 aliphatic heterocycles. The standard InChI is InChI=1S/C10H12FNSi/c1-13(2,3)7-5-9-4-6-12-8-10(9)11/h4,6,8H,1-3H3. The summed E-state index contributed by atoms with van der Waals surface area (Å²) in [6.45, 7) is 6.37. The molecule has 0 bridgehead atoms. The first-order valence-electron chi connectivity index (χ1n) is 4.12. The maximum absolute atomic E-state index is 13.0. The van der Waals surface area contributed by atoms with Crippen molar-refractivity contribution in [3.05, 3.63) is 29.8 Å². The summed E-state index contributed by atoms with van der Waals surface area (Å²) in [5.41, 5.74) is 3.54. The summed E-state index contributed by atoms with van der Waals surface area (Å²) in [6, 6.07) is 1.60. The van der Waals surface area contributed by atoms with E-state index in [2.05, 4.69) is 36.1 Å². The van der Waals surface area contributed by atoms with Gasteiger partial charge in [-0.3, -0.25) is 4.98 Å². The highest BCUT2D eigenvalue weighted by Crippen LogP contribution is 2.03. The number of rotatable bonds is 0. The Morgan fingerprint density at radius 3 is 2.62 bits per heavy atom. The lowest BCUT2D eigenvalue weighted by Gasteiger charge is -2.03. The van der Waals surface area contributed by atoms with Gasteiger partial charge in [-0.1, -0.05) is 25.6 Å². The Kier molecular flexibility index (Phi) is 2.84. The Morgan fingerprint density at radius 2 is 2.08 bits per heavy atom. The average molecular weight is 193 g/mol. The van der Waals surface area contributed by atoms with Crippen molar-refractivity contribution < 1.29 is 4.39 Å². The van der Waals surface area contributed by atoms with Crippen molar-refractivity contribution in [1.29, 1.82) is 0 Å². The Bertz CT molecular complexity index is 357. The van der Waals surface area contributed by atoms with Crippen molar-refractivity contribution in [2.45, 2.75) is 19.6 Å². The molecule has 0 aromatic carbocycles. The number of aromatic nitrogens is 1. The predicted octanol–water partition coefficient (Wildman–Crippen LogP) is 2.45. The van der Waals surface area contributed by atoms with Gasteiger partial charge in [-0.15, -0.1) is 5.54 Å². The summed E-state index contributed by atoms with van der Waals surface area (Å²) in [4.78, 5) is 3.66. The van der Waals surface area contributed by atoms with E-state index in [0.29, 0.717) is 5.56 Å². The minimum Gasteiger partial charge on any atom is -0.262 e. The SMILES string of the molecule is C[Si](C)(C)C#Cc1ccncc1F. The lowest BCUT2D eigenvalue weighted by Crippen LogP contribution is -2.16. The van der Waals surface area contributed by atoms with Crippen molar-refractivity contribution in [3.63, 3.8) is 0 Å². The van der Waals surface area contributed by atoms with Gasteiger partial charge in [-0.05, 0) is 6.07 Å². The molecule has 0 atom stereocenters. The molecule has 0 radical (unpaired) electrons. The van der Waals surface area contributed by atoms with E-state index >= 15 is 0 Å². The molecular weight excluding hydrogens is 181 g/mol. The van der Waals surface area contributed by atoms with E-state index in [1.165, 1.54) is 6.20 Å². The van der Waals surface area contributed by atoms with Gasteiger partial charge < -0.3 is 0 Å². The van der Waals surface area contributed by atoms with E-state index in [9.17, 15) is 4.39 Å². The molecule has 0 fully saturated rings. The van der Waals surface area contributed by atoms with Crippen molar-refractivity contribution >= 4 is 8.07 Å². The van der Waals surface area contributed by atoms with Crippen LogP contribution in [0.3, 0.4) is 0 Å². The molecule has 1 heterocycles. The molecule has 68 valence electrons. The summed E-state index contributed by atoms with van der Waals surface area (Å²) in [5.74, 6) is 2.51. The smallest absolute Gasteiger partial charge is 0.157 e. The van der Waals surface area contributed by atoms with Crippen LogP contribution in [-0.4, -0.2) is 13.1 Å². The topological polar surface area (TPSA) is 12.9 Å². The number of nitrogens with zero attached hydrogens (tertiary/aromatic N) is 1. The molecule has 13 heavy (non-hydrogen) atoms. The van der Waals surface area contributed by atoms with Crippen molar-refractivity contribution in [3.8, 4) is 11.5 Å². The predicted molar refractivity (Wildman–Crippen MR) is 54.4 cm³/mol. The van der Waals surface area contributed by atoms with Crippen LogP contribution in [0.2, 0.25) is 19.6 Å². The molecule has 1 nitrogen and oxygen atoms in total. The van der Waals surface area contributed by atoms with E-state index < -0.39 is 8.07 Å². The summed E-state index contributed by atoms with van der Waals surface area (Å²) in [6.07, 6.45) is 2.74. The van der Waals surface area contributed by atoms with Gasteiger partial charge in [0.1, 0.15) is 8.07 Å². The van der Waals surface area contributed by atoms with Crippen molar-refractivity contribution in [1.82, 2.24) is 4.98 Å². The van der Waals surface area contributed by atoms with Gasteiger partial charge in [0, 0.05) is 6.20 Å². The molecule has 0 amide bonds. The third-order valence-corrected chi connectivity index (χ3v) is 2.22. The normalized spacial score (nSPS) is 10.5. The van der Waals surface area contributed by atoms with E-state index in [0.717, 1.165) is 0 Å². The monoisotopic (exact) mass is 193 g/mol. The first kappa shape index (κ1) is 9.94. The highest BCUT2D eigenvalue weighted by molar-refractivity contribution is 6.83. The lowest BCUT2D eigenvalue weighted by atomic mass is 10.3. The molecule has 0 saturated heterocycles. The van der Waals surface area contributed by atoms with E-state index in [-0.39, 0.29) is 5.82 Å². The van der Waals surface area contributed by atoms with Gasteiger partial charge in [0.25, 0.3) is 0 Å². The van der Waals surface area contributed by atoms with Crippen molar-refractivity contribution in [2.24, 2.45) is 0 Å². The Balaban J connectivity index is 2.97. The maximum Gasteiger partial charge on any atom is 0.157 e. The molecule has 3 heteroatoms. The molecular formula is C10H12FNSi. The molecule has 0 N–H and O–H groups in total. The minimum absolute atomic E-state index is 0.340. The fourth-order valence-corrected chi connectivity index (χ4v) is 1.24. The summed E-state index contributed by atoms with van der Waals surface area (Å²) >= 11 is 0. The molecule has 1 aromatic heterocycles. The molecule has 0 saturated carbocycles. The van der Waals surface area contributed by atoms with Gasteiger partial charge in [-0.25, -0.2) is 4.39 Å². The summed E-state index contributed by atoms with van der Waals surface area (Å²) < 4.78 is 13.0. The average Bonchev–Trinajstić information content (AvgIpc) is 2.01. The number of halogens is 1. The van der Waals surface area contributed by atoms with Crippen LogP contribution in [0.5, 0.6) is 0 Å². The second-order valence-corrected chi connectivity index (χ2v) is 8.61. The molecule has 0 aliphatic carbocycles. The number of hydrogen-bond donors (Lipinski definition) is 0. The van der Waals surface area contributed by atoms with Crippen LogP contribution < -0.4 is 0 Å². The van der Waals surface area contributed by atoms with Crippen LogP contribution in [0.15, 0.2) is 18.5 Å². The van der Waals surface area contributed by atoms with Crippen LogP contribution in [0.1, 0.15) is 5.56 Å². The van der Waals surface area contributed by atoms with Crippen molar-refractivity contribution in [2.75, 3.05) is 0 Å². The first-order valence-corrected chi connectivity index (χ1v) is 7.62. The Morgan fingerprint density at radius 1 is 1.38 bits per heavy atom. The van der Waals surface area contributed by atoms with Gasteiger partial charge >= 0.3 is 0 Å². The Labute approximate surface area is 79.0 Å². The van der Waals surface area contributed by atoms with Crippen LogP contribution in [-0.2, 0) is 0 Å². The van der Waals surface area contributed by atoms with Crippen LogP contribution in [0, 0.1) is 17.3 Å². The van der Waals surface area contributed by atoms with E-state index in [4.69, 9.17) is 0 Å². The van der Waals surface area contributed by atoms with Gasteiger partial charge in [-0.2, -0.15) is 0 Å². The zero-order chi connectivity index (χ0) is 9.90. The summed E-state index contributed by atoms with van der Waals surface area (Å²) in [5, 5.41) is 0. The first-order chi connectivity index (χ1) is 5.99. The largest absolute Gasteiger partial charge is 0.262 e. The third kappa shape index (κ3) is 3.39. The second-order valence-electron chi connectivity index (χ2n) is 3.86. The maximum atomic E-state index is 13.0. The molecule has 1 aromatic rings. The van der Waals surface area contributed by atoms with Crippen LogP contribution in [0.4, 0.5) is 4.39 Å². The molecule has 0 aliphatic rings. The van der Waals surface area contributed by atoms with Gasteiger partial charge in [0.15, 0.2) is 5.82 Å². The highest BCUT2D eigenvalue weighted by Gasteiger charge is 2.07. The minimum atomic E-state index is -1.41. The molecule has 0 spiro atoms. The van der Waals surface area contributed by atoms with Crippen LogP contribution >= 0.6 is 0 Å². The van der Waals surface area contributed by atoms with Crippen LogP contribution in [0.25, 0.3) is 0 Å². The highest BCUT2D eigenvalue weighted by atomic mass is 28.3. The fraction of sp³-hybridized carbons (Fsp3) is 0.300. The van der Waals surface area contributed by atoms with E-state index in [1.54, 1.807) is 12.3 Å². The lowest BCUT2D eigenvalue weighted by molar-refractivity contribution is 0.618.